The number of piperazine rings is 1. The highest BCUT2D eigenvalue weighted by Crippen LogP contribution is 2.09. The molecule has 0 aromatic rings. The van der Waals surface area contributed by atoms with Crippen molar-refractivity contribution in [1.82, 2.24) is 13.9 Å². The van der Waals surface area contributed by atoms with E-state index in [1.165, 1.54) is 0 Å². The maximum absolute atomic E-state index is 11.9. The number of ether oxygens (including phenoxy) is 1. The third kappa shape index (κ3) is 4.72. The molecule has 0 saturated carbocycles. The fourth-order valence-corrected chi connectivity index (χ4v) is 2.97. The van der Waals surface area contributed by atoms with Crippen molar-refractivity contribution >= 4 is 22.1 Å². The van der Waals surface area contributed by atoms with E-state index in [0.717, 1.165) is 4.31 Å². The summed E-state index contributed by atoms with van der Waals surface area (Å²) in [4.78, 5) is 13.1. The van der Waals surface area contributed by atoms with E-state index in [1.807, 2.05) is 9.62 Å². The number of oxime groups is 1. The topological polar surface area (TPSA) is 138 Å². The van der Waals surface area contributed by atoms with Crippen LogP contribution in [0.15, 0.2) is 5.16 Å². The SMILES string of the molecule is CCOC(=O)NS(=O)(=O)N1CCN(C(C)C(N)=NO)CC1. The van der Waals surface area contributed by atoms with Gasteiger partial charge >= 0.3 is 16.3 Å². The highest BCUT2D eigenvalue weighted by atomic mass is 32.2. The van der Waals surface area contributed by atoms with Crippen LogP contribution in [-0.2, 0) is 14.9 Å². The fraction of sp³-hybridized carbons (Fsp3) is 0.800. The first-order chi connectivity index (χ1) is 9.81. The summed E-state index contributed by atoms with van der Waals surface area (Å²) in [7, 11) is -3.91. The van der Waals surface area contributed by atoms with E-state index in [2.05, 4.69) is 9.89 Å². The third-order valence-corrected chi connectivity index (χ3v) is 4.66. The molecule has 4 N–H and O–H groups in total. The molecule has 1 aliphatic rings. The molecule has 1 heterocycles. The first kappa shape index (κ1) is 17.5. The van der Waals surface area contributed by atoms with E-state index in [9.17, 15) is 13.2 Å². The van der Waals surface area contributed by atoms with E-state index in [-0.39, 0.29) is 31.6 Å². The Kier molecular flexibility index (Phi) is 6.18. The Morgan fingerprint density at radius 1 is 1.43 bits per heavy atom. The molecule has 11 heteroatoms. The maximum Gasteiger partial charge on any atom is 0.421 e. The van der Waals surface area contributed by atoms with Crippen molar-refractivity contribution in [1.29, 1.82) is 0 Å². The monoisotopic (exact) mass is 323 g/mol. The minimum atomic E-state index is -3.91. The smallest absolute Gasteiger partial charge is 0.421 e. The van der Waals surface area contributed by atoms with Crippen molar-refractivity contribution in [3.8, 4) is 0 Å². The molecule has 0 aromatic heterocycles. The quantitative estimate of drug-likeness (QED) is 0.248. The van der Waals surface area contributed by atoms with E-state index in [4.69, 9.17) is 10.9 Å². The number of carbonyl (C=O) groups excluding carboxylic acids is 1. The molecular weight excluding hydrogens is 302 g/mol. The zero-order valence-electron chi connectivity index (χ0n) is 12.0. The van der Waals surface area contributed by atoms with E-state index < -0.39 is 16.3 Å². The molecule has 0 aliphatic carbocycles. The number of nitrogens with two attached hydrogens (primary N) is 1. The van der Waals surface area contributed by atoms with Crippen molar-refractivity contribution in [2.75, 3.05) is 32.8 Å². The van der Waals surface area contributed by atoms with Gasteiger partial charge in [-0.15, -0.1) is 0 Å². The minimum Gasteiger partial charge on any atom is -0.449 e. The average molecular weight is 323 g/mol. The van der Waals surface area contributed by atoms with Gasteiger partial charge in [0.2, 0.25) is 0 Å². The van der Waals surface area contributed by atoms with Gasteiger partial charge < -0.3 is 15.7 Å². The standard InChI is InChI=1S/C10H21N5O5S/c1-3-20-10(16)13-21(18,19)15-6-4-14(5-7-15)8(2)9(11)12-17/h8,17H,3-7H2,1-2H3,(H2,11,12)(H,13,16). The number of hydrogen-bond acceptors (Lipinski definition) is 7. The lowest BCUT2D eigenvalue weighted by Gasteiger charge is -2.36. The maximum atomic E-state index is 11.9. The molecule has 0 spiro atoms. The van der Waals surface area contributed by atoms with Gasteiger partial charge in [0.05, 0.1) is 12.6 Å². The van der Waals surface area contributed by atoms with Crippen LogP contribution in [0, 0.1) is 0 Å². The van der Waals surface area contributed by atoms with Crippen LogP contribution in [0.25, 0.3) is 0 Å². The number of amides is 1. The summed E-state index contributed by atoms with van der Waals surface area (Å²) >= 11 is 0. The number of amidine groups is 1. The van der Waals surface area contributed by atoms with Crippen molar-refractivity contribution in [3.63, 3.8) is 0 Å². The summed E-state index contributed by atoms with van der Waals surface area (Å²) in [6.07, 6.45) is -0.995. The molecule has 1 amide bonds. The molecule has 122 valence electrons. The first-order valence-electron chi connectivity index (χ1n) is 6.48. The van der Waals surface area contributed by atoms with E-state index in [0.29, 0.717) is 13.1 Å². The van der Waals surface area contributed by atoms with Crippen LogP contribution in [0.3, 0.4) is 0 Å². The Morgan fingerprint density at radius 3 is 2.48 bits per heavy atom. The van der Waals surface area contributed by atoms with Gasteiger partial charge in [0.1, 0.15) is 0 Å². The van der Waals surface area contributed by atoms with Gasteiger partial charge in [-0.1, -0.05) is 5.16 Å². The number of hydrogen-bond donors (Lipinski definition) is 3. The lowest BCUT2D eigenvalue weighted by molar-refractivity contribution is 0.154. The van der Waals surface area contributed by atoms with Crippen molar-refractivity contribution < 1.29 is 23.2 Å². The second kappa shape index (κ2) is 7.43. The Bertz CT molecular complexity index is 486. The molecule has 1 atom stereocenters. The van der Waals surface area contributed by atoms with Crippen molar-refractivity contribution in [3.05, 3.63) is 0 Å². The van der Waals surface area contributed by atoms with Gasteiger partial charge in [0.25, 0.3) is 0 Å². The van der Waals surface area contributed by atoms with Gasteiger partial charge in [-0.25, -0.2) is 9.52 Å². The highest BCUT2D eigenvalue weighted by Gasteiger charge is 2.31. The number of carbonyl (C=O) groups is 1. The third-order valence-electron chi connectivity index (χ3n) is 3.19. The van der Waals surface area contributed by atoms with Crippen LogP contribution in [0.2, 0.25) is 0 Å². The molecule has 0 radical (unpaired) electrons. The van der Waals surface area contributed by atoms with Crippen LogP contribution in [0.5, 0.6) is 0 Å². The lowest BCUT2D eigenvalue weighted by Crippen LogP contribution is -2.56. The molecule has 1 saturated heterocycles. The summed E-state index contributed by atoms with van der Waals surface area (Å²) in [5.41, 5.74) is 5.52. The van der Waals surface area contributed by atoms with Crippen LogP contribution >= 0.6 is 0 Å². The molecule has 1 rings (SSSR count). The Balaban J connectivity index is 2.58. The van der Waals surface area contributed by atoms with Crippen LogP contribution in [0.4, 0.5) is 4.79 Å². The number of nitrogens with one attached hydrogen (secondary N) is 1. The van der Waals surface area contributed by atoms with Crippen LogP contribution in [0.1, 0.15) is 13.8 Å². The van der Waals surface area contributed by atoms with Crippen molar-refractivity contribution in [2.24, 2.45) is 10.9 Å². The van der Waals surface area contributed by atoms with Crippen LogP contribution < -0.4 is 10.5 Å². The van der Waals surface area contributed by atoms with Crippen LogP contribution in [-0.4, -0.2) is 73.6 Å². The first-order valence-corrected chi connectivity index (χ1v) is 7.92. The zero-order valence-corrected chi connectivity index (χ0v) is 12.8. The highest BCUT2D eigenvalue weighted by molar-refractivity contribution is 7.87. The normalized spacial score (nSPS) is 20.0. The molecule has 1 unspecified atom stereocenters. The summed E-state index contributed by atoms with van der Waals surface area (Å²) in [6, 6.07) is -0.294. The number of nitrogens with zero attached hydrogens (tertiary/aromatic N) is 3. The lowest BCUT2D eigenvalue weighted by atomic mass is 10.2. The molecule has 10 nitrogen and oxygen atoms in total. The van der Waals surface area contributed by atoms with E-state index in [1.54, 1.807) is 13.8 Å². The molecule has 1 aliphatic heterocycles. The van der Waals surface area contributed by atoms with Gasteiger partial charge in [0, 0.05) is 26.2 Å². The minimum absolute atomic E-state index is 0.0657. The Labute approximate surface area is 123 Å². The molecule has 1 fully saturated rings. The van der Waals surface area contributed by atoms with Crippen molar-refractivity contribution in [2.45, 2.75) is 19.9 Å². The predicted molar refractivity (Wildman–Crippen MR) is 75.1 cm³/mol. The van der Waals surface area contributed by atoms with Gasteiger partial charge in [0.15, 0.2) is 5.84 Å². The molecular formula is C10H21N5O5S. The fourth-order valence-electron chi connectivity index (χ4n) is 1.93. The average Bonchev–Trinajstić information content (AvgIpc) is 2.45. The summed E-state index contributed by atoms with van der Waals surface area (Å²) < 4.78 is 31.4. The van der Waals surface area contributed by atoms with Gasteiger partial charge in [-0.3, -0.25) is 4.90 Å². The summed E-state index contributed by atoms with van der Waals surface area (Å²) in [6.45, 7) is 4.62. The Hall–Kier alpha value is -1.59. The molecule has 0 aromatic carbocycles. The summed E-state index contributed by atoms with van der Waals surface area (Å²) in [5.74, 6) is 0.0657. The van der Waals surface area contributed by atoms with E-state index >= 15 is 0 Å². The molecule has 21 heavy (non-hydrogen) atoms. The van der Waals surface area contributed by atoms with Gasteiger partial charge in [-0.2, -0.15) is 12.7 Å². The predicted octanol–water partition coefficient (Wildman–Crippen LogP) is -1.27. The number of rotatable bonds is 5. The second-order valence-corrected chi connectivity index (χ2v) is 6.13. The largest absolute Gasteiger partial charge is 0.449 e. The molecule has 0 bridgehead atoms. The summed E-state index contributed by atoms with van der Waals surface area (Å²) in [5, 5.41) is 11.6. The zero-order chi connectivity index (χ0) is 16.0. The second-order valence-electron chi connectivity index (χ2n) is 4.46. The Morgan fingerprint density at radius 2 is 2.00 bits per heavy atom. The van der Waals surface area contributed by atoms with Gasteiger partial charge in [-0.05, 0) is 13.8 Å².